The lowest BCUT2D eigenvalue weighted by molar-refractivity contribution is -0.116. The lowest BCUT2D eigenvalue weighted by Crippen LogP contribution is -2.63. The van der Waals surface area contributed by atoms with Gasteiger partial charge in [0.2, 0.25) is 0 Å². The van der Waals surface area contributed by atoms with Gasteiger partial charge in [-0.1, -0.05) is 13.8 Å². The first-order chi connectivity index (χ1) is 9.04. The van der Waals surface area contributed by atoms with E-state index >= 15 is 0 Å². The van der Waals surface area contributed by atoms with E-state index in [4.69, 9.17) is 9.47 Å². The van der Waals surface area contributed by atoms with E-state index in [1.807, 2.05) is 0 Å². The van der Waals surface area contributed by atoms with E-state index in [1.54, 1.807) is 0 Å². The van der Waals surface area contributed by atoms with Crippen molar-refractivity contribution in [1.82, 2.24) is 10.6 Å². The molecule has 1 heterocycles. The smallest absolute Gasteiger partial charge is 0.0655 e. The van der Waals surface area contributed by atoms with Gasteiger partial charge < -0.3 is 20.1 Å². The van der Waals surface area contributed by atoms with Gasteiger partial charge in [0, 0.05) is 36.7 Å². The molecular formula is C15H30N2O2. The van der Waals surface area contributed by atoms with Crippen LogP contribution in [0.3, 0.4) is 0 Å². The molecule has 2 N–H and O–H groups in total. The molecule has 0 aromatic rings. The third-order valence-electron chi connectivity index (χ3n) is 4.67. The maximum atomic E-state index is 5.78. The molecule has 1 saturated heterocycles. The standard InChI is InChI=1S/C15H30N2O2/c1-5-19-14-9-13(15(14,3)4)17-11(2)8-12-10-18-7-6-16-12/h11-14,16-17H,5-10H2,1-4H3. The highest BCUT2D eigenvalue weighted by Gasteiger charge is 2.49. The molecule has 0 amide bonds. The van der Waals surface area contributed by atoms with Crippen LogP contribution in [-0.4, -0.2) is 50.6 Å². The Bertz CT molecular complexity index is 277. The zero-order valence-electron chi connectivity index (χ0n) is 12.9. The molecule has 4 unspecified atom stereocenters. The van der Waals surface area contributed by atoms with E-state index in [1.165, 1.54) is 0 Å². The second kappa shape index (κ2) is 6.53. The molecule has 0 bridgehead atoms. The largest absolute Gasteiger partial charge is 0.379 e. The van der Waals surface area contributed by atoms with Crippen LogP contribution in [0.25, 0.3) is 0 Å². The summed E-state index contributed by atoms with van der Waals surface area (Å²) in [7, 11) is 0. The number of morpholine rings is 1. The van der Waals surface area contributed by atoms with Gasteiger partial charge in [-0.05, 0) is 26.7 Å². The van der Waals surface area contributed by atoms with E-state index in [9.17, 15) is 0 Å². The molecule has 0 radical (unpaired) electrons. The molecule has 1 aliphatic carbocycles. The second-order valence-electron chi connectivity index (χ2n) is 6.58. The zero-order valence-corrected chi connectivity index (χ0v) is 12.9. The summed E-state index contributed by atoms with van der Waals surface area (Å²) < 4.78 is 11.3. The van der Waals surface area contributed by atoms with Gasteiger partial charge in [0.25, 0.3) is 0 Å². The van der Waals surface area contributed by atoms with Crippen molar-refractivity contribution in [2.45, 2.75) is 64.8 Å². The molecule has 0 spiro atoms. The first kappa shape index (κ1) is 15.2. The Hall–Kier alpha value is -0.160. The lowest BCUT2D eigenvalue weighted by atomic mass is 9.64. The molecule has 112 valence electrons. The van der Waals surface area contributed by atoms with Crippen molar-refractivity contribution in [2.75, 3.05) is 26.4 Å². The van der Waals surface area contributed by atoms with Crippen LogP contribution in [0.1, 0.15) is 40.5 Å². The predicted molar refractivity (Wildman–Crippen MR) is 77.4 cm³/mol. The SMILES string of the molecule is CCOC1CC(NC(C)CC2COCCN2)C1(C)C. The molecule has 4 heteroatoms. The number of rotatable bonds is 6. The molecule has 1 saturated carbocycles. The molecule has 0 aromatic carbocycles. The van der Waals surface area contributed by atoms with Crippen LogP contribution < -0.4 is 10.6 Å². The summed E-state index contributed by atoms with van der Waals surface area (Å²) in [4.78, 5) is 0. The molecule has 19 heavy (non-hydrogen) atoms. The molecule has 2 rings (SSSR count). The normalized spacial score (nSPS) is 35.7. The fraction of sp³-hybridized carbons (Fsp3) is 1.00. The molecule has 2 aliphatic rings. The third kappa shape index (κ3) is 3.69. The van der Waals surface area contributed by atoms with E-state index < -0.39 is 0 Å². The summed E-state index contributed by atoms with van der Waals surface area (Å²) in [6.45, 7) is 12.5. The molecule has 0 aromatic heterocycles. The van der Waals surface area contributed by atoms with Crippen LogP contribution in [0, 0.1) is 5.41 Å². The quantitative estimate of drug-likeness (QED) is 0.768. The van der Waals surface area contributed by atoms with E-state index in [-0.39, 0.29) is 5.41 Å². The molecule has 1 aliphatic heterocycles. The number of nitrogens with one attached hydrogen (secondary N) is 2. The Morgan fingerprint density at radius 3 is 2.84 bits per heavy atom. The van der Waals surface area contributed by atoms with Crippen molar-refractivity contribution in [2.24, 2.45) is 5.41 Å². The minimum absolute atomic E-state index is 0.251. The maximum Gasteiger partial charge on any atom is 0.0655 e. The minimum Gasteiger partial charge on any atom is -0.379 e. The summed E-state index contributed by atoms with van der Waals surface area (Å²) in [5, 5.41) is 7.29. The van der Waals surface area contributed by atoms with Crippen molar-refractivity contribution < 1.29 is 9.47 Å². The monoisotopic (exact) mass is 270 g/mol. The summed E-state index contributed by atoms with van der Waals surface area (Å²) in [5.41, 5.74) is 0.251. The average molecular weight is 270 g/mol. The van der Waals surface area contributed by atoms with Crippen molar-refractivity contribution in [1.29, 1.82) is 0 Å². The zero-order chi connectivity index (χ0) is 13.9. The summed E-state index contributed by atoms with van der Waals surface area (Å²) in [5.74, 6) is 0. The molecule has 4 nitrogen and oxygen atoms in total. The lowest BCUT2D eigenvalue weighted by Gasteiger charge is -2.53. The van der Waals surface area contributed by atoms with Gasteiger partial charge in [-0.3, -0.25) is 0 Å². The topological polar surface area (TPSA) is 42.5 Å². The Labute approximate surface area is 117 Å². The minimum atomic E-state index is 0.251. The third-order valence-corrected chi connectivity index (χ3v) is 4.67. The van der Waals surface area contributed by atoms with Gasteiger partial charge in [0.05, 0.1) is 19.3 Å². The van der Waals surface area contributed by atoms with E-state index in [0.29, 0.717) is 24.2 Å². The van der Waals surface area contributed by atoms with Crippen LogP contribution >= 0.6 is 0 Å². The Balaban J connectivity index is 1.72. The fourth-order valence-electron chi connectivity index (χ4n) is 3.26. The highest BCUT2D eigenvalue weighted by Crippen LogP contribution is 2.43. The number of hydrogen-bond acceptors (Lipinski definition) is 4. The van der Waals surface area contributed by atoms with Crippen LogP contribution in [0.5, 0.6) is 0 Å². The average Bonchev–Trinajstić information content (AvgIpc) is 2.39. The summed E-state index contributed by atoms with van der Waals surface area (Å²) in [6, 6.07) is 1.59. The van der Waals surface area contributed by atoms with Gasteiger partial charge in [-0.15, -0.1) is 0 Å². The van der Waals surface area contributed by atoms with E-state index in [2.05, 4.69) is 38.3 Å². The Morgan fingerprint density at radius 2 is 2.26 bits per heavy atom. The van der Waals surface area contributed by atoms with Crippen LogP contribution in [-0.2, 0) is 9.47 Å². The van der Waals surface area contributed by atoms with Crippen LogP contribution in [0.15, 0.2) is 0 Å². The highest BCUT2D eigenvalue weighted by atomic mass is 16.5. The molecular weight excluding hydrogens is 240 g/mol. The number of hydrogen-bond donors (Lipinski definition) is 2. The fourth-order valence-corrected chi connectivity index (χ4v) is 3.26. The first-order valence-electron chi connectivity index (χ1n) is 7.72. The maximum absolute atomic E-state index is 5.78. The summed E-state index contributed by atoms with van der Waals surface area (Å²) in [6.07, 6.45) is 2.68. The van der Waals surface area contributed by atoms with Gasteiger partial charge >= 0.3 is 0 Å². The summed E-state index contributed by atoms with van der Waals surface area (Å²) >= 11 is 0. The van der Waals surface area contributed by atoms with Crippen molar-refractivity contribution in [3.8, 4) is 0 Å². The van der Waals surface area contributed by atoms with Crippen LogP contribution in [0.4, 0.5) is 0 Å². The van der Waals surface area contributed by atoms with Gasteiger partial charge in [0.1, 0.15) is 0 Å². The van der Waals surface area contributed by atoms with Crippen molar-refractivity contribution in [3.05, 3.63) is 0 Å². The van der Waals surface area contributed by atoms with Gasteiger partial charge in [0.15, 0.2) is 0 Å². The van der Waals surface area contributed by atoms with E-state index in [0.717, 1.165) is 39.2 Å². The van der Waals surface area contributed by atoms with Crippen molar-refractivity contribution in [3.63, 3.8) is 0 Å². The molecule has 2 fully saturated rings. The highest BCUT2D eigenvalue weighted by molar-refractivity contribution is 5.03. The predicted octanol–water partition coefficient (Wildman–Crippen LogP) is 1.55. The second-order valence-corrected chi connectivity index (χ2v) is 6.58. The first-order valence-corrected chi connectivity index (χ1v) is 7.72. The Morgan fingerprint density at radius 1 is 1.47 bits per heavy atom. The van der Waals surface area contributed by atoms with Crippen molar-refractivity contribution >= 4 is 0 Å². The van der Waals surface area contributed by atoms with Gasteiger partial charge in [-0.2, -0.15) is 0 Å². The molecule has 4 atom stereocenters. The Kier molecular flexibility index (Phi) is 5.23. The number of ether oxygens (including phenoxy) is 2. The van der Waals surface area contributed by atoms with Crippen LogP contribution in [0.2, 0.25) is 0 Å². The van der Waals surface area contributed by atoms with Gasteiger partial charge in [-0.25, -0.2) is 0 Å².